The number of hydrogen-bond donors (Lipinski definition) is 0. The largest absolute Gasteiger partial charge is 0.354 e. The van der Waals surface area contributed by atoms with Crippen LogP contribution in [0.15, 0.2) is 69.9 Å². The molecule has 2 aromatic rings. The van der Waals surface area contributed by atoms with Crippen LogP contribution in [-0.4, -0.2) is 16.5 Å². The molecule has 0 radical (unpaired) electrons. The van der Waals surface area contributed by atoms with Gasteiger partial charge in [-0.25, -0.2) is 0 Å². The van der Waals surface area contributed by atoms with E-state index in [1.54, 1.807) is 0 Å². The Bertz CT molecular complexity index is 602. The third-order valence-corrected chi connectivity index (χ3v) is 4.39. The smallest absolute Gasteiger partial charge is 0.0900 e. The zero-order chi connectivity index (χ0) is 14.7. The molecule has 0 amide bonds. The van der Waals surface area contributed by atoms with Crippen molar-refractivity contribution >= 4 is 48.8 Å². The minimum Gasteiger partial charge on any atom is -0.354 e. The highest BCUT2D eigenvalue weighted by atomic mass is 79.9. The van der Waals surface area contributed by atoms with Gasteiger partial charge in [-0.2, -0.15) is 0 Å². The van der Waals surface area contributed by atoms with Crippen molar-refractivity contribution in [2.45, 2.75) is 13.1 Å². The average Bonchev–Trinajstić information content (AvgIpc) is 2.86. The predicted octanol–water partition coefficient (Wildman–Crippen LogP) is 5.54. The monoisotopic (exact) mass is 486 g/mol. The summed E-state index contributed by atoms with van der Waals surface area (Å²) < 4.78 is 2.27. The normalized spacial score (nSPS) is 13.4. The predicted molar refractivity (Wildman–Crippen MR) is 104 cm³/mol. The number of halogens is 3. The summed E-state index contributed by atoms with van der Waals surface area (Å²) in [5.74, 6) is 0. The van der Waals surface area contributed by atoms with Crippen molar-refractivity contribution in [3.05, 3.63) is 81.0 Å². The van der Waals surface area contributed by atoms with Crippen LogP contribution in [-0.2, 0) is 13.1 Å². The fourth-order valence-corrected chi connectivity index (χ4v) is 3.35. The van der Waals surface area contributed by atoms with E-state index in [2.05, 4.69) is 103 Å². The van der Waals surface area contributed by atoms with E-state index in [9.17, 15) is 0 Å². The van der Waals surface area contributed by atoms with E-state index in [1.165, 1.54) is 11.1 Å². The van der Waals surface area contributed by atoms with Gasteiger partial charge in [0.25, 0.3) is 0 Å². The summed E-state index contributed by atoms with van der Waals surface area (Å²) in [6.07, 6.45) is 4.33. The van der Waals surface area contributed by atoms with Gasteiger partial charge in [0.2, 0.25) is 0 Å². The number of benzene rings is 2. The Morgan fingerprint density at radius 2 is 1.23 bits per heavy atom. The first-order valence-corrected chi connectivity index (χ1v) is 8.43. The molecule has 1 heterocycles. The molecular formula is C17H17Br3N2. The lowest BCUT2D eigenvalue weighted by molar-refractivity contribution is 0.254. The van der Waals surface area contributed by atoms with Crippen LogP contribution in [0.1, 0.15) is 11.1 Å². The summed E-state index contributed by atoms with van der Waals surface area (Å²) in [6, 6.07) is 16.9. The Morgan fingerprint density at radius 3 is 1.64 bits per heavy atom. The SMILES string of the molecule is Br.Brc1cccc(CN2C=CN(Cc3cccc(Br)c3)C2)c1. The van der Waals surface area contributed by atoms with Crippen molar-refractivity contribution in [3.63, 3.8) is 0 Å². The van der Waals surface area contributed by atoms with Crippen LogP contribution in [0, 0.1) is 0 Å². The first-order valence-electron chi connectivity index (χ1n) is 6.84. The highest BCUT2D eigenvalue weighted by molar-refractivity contribution is 9.10. The van der Waals surface area contributed by atoms with Crippen molar-refractivity contribution in [1.82, 2.24) is 9.80 Å². The Kier molecular flexibility index (Phi) is 6.53. The van der Waals surface area contributed by atoms with Crippen LogP contribution in [0.2, 0.25) is 0 Å². The lowest BCUT2D eigenvalue weighted by Gasteiger charge is -2.21. The van der Waals surface area contributed by atoms with E-state index in [1.807, 2.05) is 0 Å². The Balaban J connectivity index is 0.00000176. The van der Waals surface area contributed by atoms with E-state index in [4.69, 9.17) is 0 Å². The van der Waals surface area contributed by atoms with Crippen LogP contribution in [0.4, 0.5) is 0 Å². The fourth-order valence-electron chi connectivity index (χ4n) is 2.46. The summed E-state index contributed by atoms with van der Waals surface area (Å²) in [4.78, 5) is 4.64. The molecular weight excluding hydrogens is 472 g/mol. The topological polar surface area (TPSA) is 6.48 Å². The van der Waals surface area contributed by atoms with Crippen LogP contribution in [0.25, 0.3) is 0 Å². The van der Waals surface area contributed by atoms with Crippen LogP contribution in [0.5, 0.6) is 0 Å². The van der Waals surface area contributed by atoms with Crippen molar-refractivity contribution in [3.8, 4) is 0 Å². The summed E-state index contributed by atoms with van der Waals surface area (Å²) in [6.45, 7) is 2.80. The third-order valence-electron chi connectivity index (χ3n) is 3.40. The molecule has 22 heavy (non-hydrogen) atoms. The lowest BCUT2D eigenvalue weighted by atomic mass is 10.2. The maximum Gasteiger partial charge on any atom is 0.0900 e. The minimum absolute atomic E-state index is 0. The van der Waals surface area contributed by atoms with Crippen molar-refractivity contribution in [2.75, 3.05) is 6.67 Å². The van der Waals surface area contributed by atoms with E-state index in [0.717, 1.165) is 28.7 Å². The molecule has 1 aliphatic rings. The van der Waals surface area contributed by atoms with E-state index < -0.39 is 0 Å². The fraction of sp³-hybridized carbons (Fsp3) is 0.176. The maximum atomic E-state index is 3.52. The quantitative estimate of drug-likeness (QED) is 0.558. The van der Waals surface area contributed by atoms with Crippen LogP contribution < -0.4 is 0 Å². The number of rotatable bonds is 4. The van der Waals surface area contributed by atoms with Gasteiger partial charge in [-0.15, -0.1) is 17.0 Å². The maximum absolute atomic E-state index is 3.52. The first-order chi connectivity index (χ1) is 10.2. The van der Waals surface area contributed by atoms with Gasteiger partial charge in [0, 0.05) is 34.4 Å². The van der Waals surface area contributed by atoms with Crippen molar-refractivity contribution in [1.29, 1.82) is 0 Å². The summed E-state index contributed by atoms with van der Waals surface area (Å²) in [7, 11) is 0. The molecule has 116 valence electrons. The van der Waals surface area contributed by atoms with Gasteiger partial charge < -0.3 is 9.80 Å². The number of nitrogens with zero attached hydrogens (tertiary/aromatic N) is 2. The molecule has 2 aromatic carbocycles. The summed E-state index contributed by atoms with van der Waals surface area (Å²) in [5, 5.41) is 0. The van der Waals surface area contributed by atoms with E-state index >= 15 is 0 Å². The molecule has 0 aromatic heterocycles. The summed E-state index contributed by atoms with van der Waals surface area (Å²) >= 11 is 7.05. The zero-order valence-electron chi connectivity index (χ0n) is 12.0. The Morgan fingerprint density at radius 1 is 0.773 bits per heavy atom. The molecule has 5 heteroatoms. The second-order valence-corrected chi connectivity index (χ2v) is 7.02. The van der Waals surface area contributed by atoms with Gasteiger partial charge in [0.1, 0.15) is 0 Å². The Labute approximate surface area is 158 Å². The molecule has 0 saturated carbocycles. The van der Waals surface area contributed by atoms with Gasteiger partial charge in [-0.3, -0.25) is 0 Å². The second kappa shape index (κ2) is 8.18. The molecule has 1 aliphatic heterocycles. The second-order valence-electron chi connectivity index (χ2n) is 5.19. The van der Waals surface area contributed by atoms with Crippen LogP contribution in [0.3, 0.4) is 0 Å². The molecule has 0 bridgehead atoms. The highest BCUT2D eigenvalue weighted by Crippen LogP contribution is 2.19. The summed E-state index contributed by atoms with van der Waals surface area (Å²) in [5.41, 5.74) is 2.64. The van der Waals surface area contributed by atoms with Crippen molar-refractivity contribution in [2.24, 2.45) is 0 Å². The lowest BCUT2D eigenvalue weighted by Crippen LogP contribution is -2.24. The van der Waals surface area contributed by atoms with Gasteiger partial charge in [0.15, 0.2) is 0 Å². The molecule has 0 spiro atoms. The van der Waals surface area contributed by atoms with Gasteiger partial charge in [-0.1, -0.05) is 56.1 Å². The van der Waals surface area contributed by atoms with Crippen LogP contribution >= 0.6 is 48.8 Å². The molecule has 2 nitrogen and oxygen atoms in total. The number of hydrogen-bond acceptors (Lipinski definition) is 2. The molecule has 0 fully saturated rings. The van der Waals surface area contributed by atoms with E-state index in [0.29, 0.717) is 0 Å². The molecule has 0 aliphatic carbocycles. The third kappa shape index (κ3) is 4.86. The first kappa shape index (κ1) is 17.6. The molecule has 0 saturated heterocycles. The van der Waals surface area contributed by atoms with Gasteiger partial charge >= 0.3 is 0 Å². The molecule has 0 N–H and O–H groups in total. The average molecular weight is 489 g/mol. The highest BCUT2D eigenvalue weighted by Gasteiger charge is 2.13. The van der Waals surface area contributed by atoms with Crippen molar-refractivity contribution < 1.29 is 0 Å². The zero-order valence-corrected chi connectivity index (χ0v) is 16.8. The standard InChI is InChI=1S/C17H16Br2N2.BrH/c18-16-5-1-3-14(9-16)11-20-7-8-21(13-20)12-15-4-2-6-17(19)10-15;/h1-10H,11-13H2;1H. The van der Waals surface area contributed by atoms with E-state index in [-0.39, 0.29) is 17.0 Å². The Hall–Kier alpha value is -0.780. The molecule has 0 atom stereocenters. The molecule has 3 rings (SSSR count). The van der Waals surface area contributed by atoms with Gasteiger partial charge in [0.05, 0.1) is 6.67 Å². The van der Waals surface area contributed by atoms with Gasteiger partial charge in [-0.05, 0) is 35.4 Å². The minimum atomic E-state index is 0. The molecule has 0 unspecified atom stereocenters.